The van der Waals surface area contributed by atoms with E-state index in [-0.39, 0.29) is 19.3 Å². The Kier molecular flexibility index (Phi) is 36.4. The second kappa shape index (κ2) is 39.1. The molecule has 9 atom stereocenters. The number of aliphatic hydroxyl groups excluding tert-OH is 5. The Morgan fingerprint density at radius 2 is 1.07 bits per heavy atom. The van der Waals surface area contributed by atoms with Crippen LogP contribution in [0.25, 0.3) is 0 Å². The summed E-state index contributed by atoms with van der Waals surface area (Å²) in [6.07, 6.45) is 29.1. The average molecular weight is 1010 g/mol. The smallest absolute Gasteiger partial charge is 0.462 e. The van der Waals surface area contributed by atoms with Crippen molar-refractivity contribution in [3.63, 3.8) is 0 Å². The fraction of sp³-hybridized carbons (Fsp3) is 0.714. The van der Waals surface area contributed by atoms with Gasteiger partial charge in [-0.3, -0.25) is 23.2 Å². The number of carbonyl (C=O) groups excluding carboxylic acids is 2. The number of unbranched alkanes of at least 4 members (excludes halogenated alkanes) is 14. The molecular formula is C49H84O17P2. The molecule has 8 N–H and O–H groups in total. The first-order valence-electron chi connectivity index (χ1n) is 24.6. The van der Waals surface area contributed by atoms with Gasteiger partial charge in [0.15, 0.2) is 6.10 Å². The van der Waals surface area contributed by atoms with E-state index in [0.29, 0.717) is 19.3 Å². The van der Waals surface area contributed by atoms with Crippen molar-refractivity contribution in [2.45, 2.75) is 210 Å². The lowest BCUT2D eigenvalue weighted by Gasteiger charge is -2.43. The minimum absolute atomic E-state index is 0.0970. The number of phosphoric ester groups is 2. The molecule has 0 radical (unpaired) electrons. The van der Waals surface area contributed by atoms with Gasteiger partial charge in [-0.05, 0) is 44.9 Å². The molecule has 68 heavy (non-hydrogen) atoms. The summed E-state index contributed by atoms with van der Waals surface area (Å²) in [4.78, 5) is 54.3. The van der Waals surface area contributed by atoms with Crippen LogP contribution in [0, 0.1) is 0 Å². The number of allylic oxidation sites excluding steroid dienone is 10. The van der Waals surface area contributed by atoms with E-state index in [1.54, 1.807) is 12.2 Å². The predicted octanol–water partition coefficient (Wildman–Crippen LogP) is 8.59. The number of aliphatic hydroxyl groups is 5. The van der Waals surface area contributed by atoms with Gasteiger partial charge in [-0.25, -0.2) is 9.13 Å². The van der Waals surface area contributed by atoms with Gasteiger partial charge in [0, 0.05) is 12.8 Å². The normalized spacial score (nSPS) is 22.3. The monoisotopic (exact) mass is 1010 g/mol. The van der Waals surface area contributed by atoms with Crippen LogP contribution in [0.4, 0.5) is 0 Å². The molecule has 17 nitrogen and oxygen atoms in total. The molecule has 1 rings (SSSR count). The van der Waals surface area contributed by atoms with Crippen LogP contribution in [0.3, 0.4) is 0 Å². The van der Waals surface area contributed by atoms with Crippen molar-refractivity contribution in [2.75, 3.05) is 13.2 Å². The van der Waals surface area contributed by atoms with E-state index in [0.717, 1.165) is 44.9 Å². The van der Waals surface area contributed by atoms with Gasteiger partial charge in [-0.1, -0.05) is 177 Å². The van der Waals surface area contributed by atoms with Gasteiger partial charge in [-0.2, -0.15) is 0 Å². The maximum absolute atomic E-state index is 13.0. The molecule has 0 bridgehead atoms. The highest BCUT2D eigenvalue weighted by Gasteiger charge is 2.54. The van der Waals surface area contributed by atoms with Gasteiger partial charge in [0.1, 0.15) is 43.2 Å². The molecule has 0 heterocycles. The van der Waals surface area contributed by atoms with Crippen molar-refractivity contribution in [3.8, 4) is 0 Å². The van der Waals surface area contributed by atoms with Crippen molar-refractivity contribution >= 4 is 27.6 Å². The van der Waals surface area contributed by atoms with Crippen LogP contribution >= 0.6 is 15.6 Å². The highest BCUT2D eigenvalue weighted by atomic mass is 31.2. The zero-order valence-corrected chi connectivity index (χ0v) is 42.2. The summed E-state index contributed by atoms with van der Waals surface area (Å²) < 4.78 is 49.3. The maximum atomic E-state index is 13.0. The molecule has 1 aliphatic carbocycles. The molecule has 0 aromatic heterocycles. The fourth-order valence-corrected chi connectivity index (χ4v) is 8.62. The Labute approximate surface area is 404 Å². The molecule has 0 aromatic carbocycles. The first-order chi connectivity index (χ1) is 32.5. The lowest BCUT2D eigenvalue weighted by Crippen LogP contribution is -2.64. The Morgan fingerprint density at radius 3 is 1.62 bits per heavy atom. The van der Waals surface area contributed by atoms with Crippen molar-refractivity contribution in [1.82, 2.24) is 0 Å². The van der Waals surface area contributed by atoms with Crippen LogP contribution in [-0.4, -0.2) is 114 Å². The molecule has 1 saturated carbocycles. The highest BCUT2D eigenvalue weighted by Crippen LogP contribution is 2.49. The third-order valence-electron chi connectivity index (χ3n) is 10.9. The first kappa shape index (κ1) is 63.4. The summed E-state index contributed by atoms with van der Waals surface area (Å²) in [5.74, 6) is -1.32. The predicted molar refractivity (Wildman–Crippen MR) is 261 cm³/mol. The summed E-state index contributed by atoms with van der Waals surface area (Å²) in [7, 11) is -10.7. The Bertz CT molecular complexity index is 1610. The minimum Gasteiger partial charge on any atom is -0.462 e. The second-order valence-corrected chi connectivity index (χ2v) is 19.6. The van der Waals surface area contributed by atoms with Crippen LogP contribution in [0.2, 0.25) is 0 Å². The van der Waals surface area contributed by atoms with Crippen molar-refractivity contribution < 1.29 is 82.0 Å². The number of carbonyl (C=O) groups is 2. The number of rotatable bonds is 40. The molecule has 0 spiro atoms. The summed E-state index contributed by atoms with van der Waals surface area (Å²) in [6.45, 7) is 2.85. The lowest BCUT2D eigenvalue weighted by molar-refractivity contribution is -0.216. The number of ether oxygens (including phenoxy) is 2. The molecule has 1 aliphatic rings. The van der Waals surface area contributed by atoms with Gasteiger partial charge >= 0.3 is 27.6 Å². The molecule has 392 valence electrons. The molecule has 19 heteroatoms. The van der Waals surface area contributed by atoms with Crippen molar-refractivity contribution in [3.05, 3.63) is 72.9 Å². The third-order valence-corrected chi connectivity index (χ3v) is 12.4. The second-order valence-electron chi connectivity index (χ2n) is 17.0. The largest absolute Gasteiger partial charge is 0.472 e. The van der Waals surface area contributed by atoms with E-state index in [2.05, 4.69) is 11.4 Å². The van der Waals surface area contributed by atoms with Crippen LogP contribution in [0.1, 0.15) is 162 Å². The standard InChI is InChI=1S/C49H84O17P2/c1-3-5-7-8-9-10-11-12-13-16-19-22-25-28-32-36-42(51)62-38-41(39-63-68(60,61)66-49-46(55)44(53)45(54)48(47(49)56)65-67(57,58)59)64-43(52)37-33-29-26-23-20-17-14-15-18-21-24-27-31-35-40(50)34-30-6-4-2/h6,15,17-18,20,24,26-27,29-31,35,40-41,44-50,53-56H,3-5,7-14,16,19,21-23,25,28,32-34,36-39H2,1-2H3,(H,60,61)(H2,57,58,59)/b18-15-,20-17-,27-24+,29-26-,30-6-,35-31+/t40?,41-,44?,45?,46?,47?,48-,49+/m1/s1. The van der Waals surface area contributed by atoms with Gasteiger partial charge in [-0.15, -0.1) is 0 Å². The molecule has 0 aromatic rings. The topological polar surface area (TPSA) is 276 Å². The third kappa shape index (κ3) is 33.1. The average Bonchev–Trinajstić information content (AvgIpc) is 3.29. The SMILES string of the molecule is CC/C=C\CC(O)/C=C/C=C/C/C=C\C/C=C\C/C=C\CCC(=O)O[C@H](COC(=O)CCCCCCCCCCCCCCCCC)COP(=O)(O)O[C@H]1C(O)C(O)C(O)[C@@H](OP(=O)(O)O)C1O. The van der Waals surface area contributed by atoms with Crippen molar-refractivity contribution in [1.29, 1.82) is 0 Å². The molecular weight excluding hydrogens is 922 g/mol. The quantitative estimate of drug-likeness (QED) is 0.00938. The van der Waals surface area contributed by atoms with Crippen LogP contribution in [-0.2, 0) is 41.8 Å². The summed E-state index contributed by atoms with van der Waals surface area (Å²) >= 11 is 0. The Balaban J connectivity index is 2.64. The minimum atomic E-state index is -5.38. The fourth-order valence-electron chi connectivity index (χ4n) is 7.08. The molecule has 0 amide bonds. The van der Waals surface area contributed by atoms with Crippen LogP contribution in [0.5, 0.6) is 0 Å². The van der Waals surface area contributed by atoms with E-state index in [9.17, 15) is 58.9 Å². The van der Waals surface area contributed by atoms with E-state index >= 15 is 0 Å². The Morgan fingerprint density at radius 1 is 0.559 bits per heavy atom. The van der Waals surface area contributed by atoms with Gasteiger partial charge in [0.25, 0.3) is 0 Å². The summed E-state index contributed by atoms with van der Waals surface area (Å²) in [5.41, 5.74) is 0. The maximum Gasteiger partial charge on any atom is 0.472 e. The number of esters is 2. The van der Waals surface area contributed by atoms with Crippen molar-refractivity contribution in [2.24, 2.45) is 0 Å². The number of phosphoric acid groups is 2. The zero-order valence-electron chi connectivity index (χ0n) is 40.4. The lowest BCUT2D eigenvalue weighted by atomic mass is 9.85. The van der Waals surface area contributed by atoms with Crippen LogP contribution in [0.15, 0.2) is 72.9 Å². The van der Waals surface area contributed by atoms with E-state index in [1.807, 2.05) is 67.7 Å². The van der Waals surface area contributed by atoms with Crippen LogP contribution < -0.4 is 0 Å². The van der Waals surface area contributed by atoms with Gasteiger partial charge < -0.3 is 49.7 Å². The first-order valence-corrected chi connectivity index (χ1v) is 27.6. The molecule has 1 fully saturated rings. The van der Waals surface area contributed by atoms with Gasteiger partial charge in [0.2, 0.25) is 0 Å². The molecule has 0 saturated heterocycles. The zero-order chi connectivity index (χ0) is 50.5. The molecule has 0 aliphatic heterocycles. The van der Waals surface area contributed by atoms with E-state index < -0.39 is 89.6 Å². The number of hydrogen-bond acceptors (Lipinski definition) is 14. The summed E-state index contributed by atoms with van der Waals surface area (Å²) in [5, 5.41) is 51.1. The molecule has 6 unspecified atom stereocenters. The highest BCUT2D eigenvalue weighted by molar-refractivity contribution is 7.47. The number of hydrogen-bond donors (Lipinski definition) is 8. The Hall–Kier alpha value is -2.60. The van der Waals surface area contributed by atoms with Gasteiger partial charge in [0.05, 0.1) is 12.7 Å². The summed E-state index contributed by atoms with van der Waals surface area (Å²) in [6, 6.07) is 0. The van der Waals surface area contributed by atoms with E-state index in [1.165, 1.54) is 64.2 Å². The van der Waals surface area contributed by atoms with E-state index in [4.69, 9.17) is 18.5 Å².